The number of amides is 4. The minimum atomic E-state index is -0.963. The molecule has 4 amide bonds. The van der Waals surface area contributed by atoms with Gasteiger partial charge in [0.25, 0.3) is 0 Å². The van der Waals surface area contributed by atoms with Crippen molar-refractivity contribution in [1.29, 1.82) is 0 Å². The van der Waals surface area contributed by atoms with Crippen LogP contribution in [0.1, 0.15) is 60.3 Å². The highest BCUT2D eigenvalue weighted by molar-refractivity contribution is 5.94. The van der Waals surface area contributed by atoms with Crippen LogP contribution < -0.4 is 32.7 Å². The van der Waals surface area contributed by atoms with Gasteiger partial charge < -0.3 is 37.5 Å². The molecular formula is C21H40N6O5. The normalized spacial score (nSPS) is 16.5. The van der Waals surface area contributed by atoms with Crippen LogP contribution in [0.15, 0.2) is 0 Å². The Morgan fingerprint density at radius 2 is 1.47 bits per heavy atom. The van der Waals surface area contributed by atoms with Gasteiger partial charge in [-0.1, -0.05) is 20.3 Å². The monoisotopic (exact) mass is 456 g/mol. The van der Waals surface area contributed by atoms with Crippen molar-refractivity contribution in [3.05, 3.63) is 0 Å². The van der Waals surface area contributed by atoms with Gasteiger partial charge in [-0.05, 0) is 52.5 Å². The summed E-state index contributed by atoms with van der Waals surface area (Å²) in [5, 5.41) is 10.3. The Hall–Kier alpha value is -2.53. The van der Waals surface area contributed by atoms with Gasteiger partial charge in [-0.25, -0.2) is 0 Å². The summed E-state index contributed by atoms with van der Waals surface area (Å²) in [7, 11) is 0. The molecule has 11 nitrogen and oxygen atoms in total. The molecule has 0 aromatic rings. The molecule has 0 aliphatic rings. The Balaban J connectivity index is 5.19. The predicted molar refractivity (Wildman–Crippen MR) is 121 cm³/mol. The first kappa shape index (κ1) is 29.5. The zero-order valence-electron chi connectivity index (χ0n) is 19.8. The lowest BCUT2D eigenvalue weighted by atomic mass is 9.97. The molecule has 0 bridgehead atoms. The van der Waals surface area contributed by atoms with E-state index in [1.165, 1.54) is 20.8 Å². The van der Waals surface area contributed by atoms with Gasteiger partial charge in [0, 0.05) is 0 Å². The number of aldehydes is 1. The molecule has 0 unspecified atom stereocenters. The SMILES string of the molecule is CC[C@H](C)[C@H](NC(=O)[C@H](C)NC(=O)[C@H](CCCCN)NC(=O)[C@H](C)N)C(=O)N[C@@H](C)C=O. The summed E-state index contributed by atoms with van der Waals surface area (Å²) in [6.07, 6.45) is 2.84. The van der Waals surface area contributed by atoms with E-state index in [9.17, 15) is 24.0 Å². The number of carbonyl (C=O) groups is 5. The standard InChI is InChI=1S/C21H40N6O5/c1-6-12(2)17(21(32)24-13(3)11-28)27-19(30)15(5)25-20(31)16(9-7-8-10-22)26-18(29)14(4)23/h11-17H,6-10,22-23H2,1-5H3,(H,24,32)(H,25,31)(H,26,29)(H,27,30)/t12-,13-,14-,15-,16-,17-/m0/s1. The second kappa shape index (κ2) is 15.3. The second-order valence-electron chi connectivity index (χ2n) is 8.17. The summed E-state index contributed by atoms with van der Waals surface area (Å²) >= 11 is 0. The van der Waals surface area contributed by atoms with Crippen LogP contribution in [0.4, 0.5) is 0 Å². The predicted octanol–water partition coefficient (Wildman–Crippen LogP) is -1.31. The summed E-state index contributed by atoms with van der Waals surface area (Å²) in [5.74, 6) is -2.24. The van der Waals surface area contributed by atoms with E-state index in [-0.39, 0.29) is 5.92 Å². The van der Waals surface area contributed by atoms with Gasteiger partial charge in [-0.3, -0.25) is 19.2 Å². The summed E-state index contributed by atoms with van der Waals surface area (Å²) in [6.45, 7) is 8.65. The van der Waals surface area contributed by atoms with Crippen molar-refractivity contribution in [1.82, 2.24) is 21.3 Å². The molecule has 0 fully saturated rings. The Kier molecular flexibility index (Phi) is 14.1. The fraction of sp³-hybridized carbons (Fsp3) is 0.762. The highest BCUT2D eigenvalue weighted by Crippen LogP contribution is 2.09. The summed E-state index contributed by atoms with van der Waals surface area (Å²) < 4.78 is 0. The number of nitrogens with two attached hydrogens (primary N) is 2. The maximum absolute atomic E-state index is 12.7. The first-order valence-electron chi connectivity index (χ1n) is 11.1. The molecule has 0 saturated heterocycles. The first-order valence-corrected chi connectivity index (χ1v) is 11.1. The van der Waals surface area contributed by atoms with Crippen molar-refractivity contribution in [3.63, 3.8) is 0 Å². The molecule has 0 spiro atoms. The molecule has 8 N–H and O–H groups in total. The maximum atomic E-state index is 12.7. The van der Waals surface area contributed by atoms with Crippen molar-refractivity contribution < 1.29 is 24.0 Å². The third kappa shape index (κ3) is 10.7. The quantitative estimate of drug-likeness (QED) is 0.130. The summed E-state index contributed by atoms with van der Waals surface area (Å²) in [5.41, 5.74) is 11.1. The molecular weight excluding hydrogens is 416 g/mol. The Labute approximate surface area is 190 Å². The fourth-order valence-electron chi connectivity index (χ4n) is 2.77. The average molecular weight is 457 g/mol. The molecule has 11 heteroatoms. The minimum absolute atomic E-state index is 0.199. The second-order valence-corrected chi connectivity index (χ2v) is 8.17. The van der Waals surface area contributed by atoms with Gasteiger partial charge >= 0.3 is 0 Å². The van der Waals surface area contributed by atoms with E-state index >= 15 is 0 Å². The number of rotatable bonds is 15. The van der Waals surface area contributed by atoms with Crippen molar-refractivity contribution in [2.45, 2.75) is 90.5 Å². The number of carbonyl (C=O) groups excluding carboxylic acids is 5. The van der Waals surface area contributed by atoms with Crippen molar-refractivity contribution in [2.75, 3.05) is 6.54 Å². The number of hydrogen-bond donors (Lipinski definition) is 6. The van der Waals surface area contributed by atoms with E-state index in [1.54, 1.807) is 6.92 Å². The number of hydrogen-bond acceptors (Lipinski definition) is 7. The van der Waals surface area contributed by atoms with Crippen LogP contribution in [-0.4, -0.2) is 66.7 Å². The van der Waals surface area contributed by atoms with E-state index in [4.69, 9.17) is 11.5 Å². The lowest BCUT2D eigenvalue weighted by Gasteiger charge is -2.27. The molecule has 0 heterocycles. The molecule has 0 aliphatic carbocycles. The largest absolute Gasteiger partial charge is 0.345 e. The lowest BCUT2D eigenvalue weighted by Crippen LogP contribution is -2.58. The average Bonchev–Trinajstić information content (AvgIpc) is 2.75. The number of nitrogens with one attached hydrogen (secondary N) is 4. The fourth-order valence-corrected chi connectivity index (χ4v) is 2.77. The maximum Gasteiger partial charge on any atom is 0.243 e. The number of unbranched alkanes of at least 4 members (excludes halogenated alkanes) is 1. The van der Waals surface area contributed by atoms with Gasteiger partial charge in [0.1, 0.15) is 24.4 Å². The van der Waals surface area contributed by atoms with Gasteiger partial charge in [-0.2, -0.15) is 0 Å². The lowest BCUT2D eigenvalue weighted by molar-refractivity contribution is -0.134. The summed E-state index contributed by atoms with van der Waals surface area (Å²) in [4.78, 5) is 60.7. The van der Waals surface area contributed by atoms with Crippen LogP contribution in [0.25, 0.3) is 0 Å². The third-order valence-corrected chi connectivity index (χ3v) is 5.11. The Morgan fingerprint density at radius 3 is 1.97 bits per heavy atom. The highest BCUT2D eigenvalue weighted by atomic mass is 16.2. The molecule has 0 aromatic heterocycles. The molecule has 6 atom stereocenters. The zero-order chi connectivity index (χ0) is 24.8. The molecule has 0 saturated carbocycles. The molecule has 184 valence electrons. The van der Waals surface area contributed by atoms with Crippen LogP contribution in [-0.2, 0) is 24.0 Å². The zero-order valence-corrected chi connectivity index (χ0v) is 19.8. The molecule has 0 rings (SSSR count). The van der Waals surface area contributed by atoms with Crippen molar-refractivity contribution >= 4 is 29.9 Å². The van der Waals surface area contributed by atoms with Gasteiger partial charge in [0.15, 0.2) is 0 Å². The summed E-state index contributed by atoms with van der Waals surface area (Å²) in [6, 6.07) is -4.17. The van der Waals surface area contributed by atoms with E-state index in [0.29, 0.717) is 38.5 Å². The minimum Gasteiger partial charge on any atom is -0.345 e. The highest BCUT2D eigenvalue weighted by Gasteiger charge is 2.30. The van der Waals surface area contributed by atoms with E-state index in [1.807, 2.05) is 6.92 Å². The smallest absolute Gasteiger partial charge is 0.243 e. The van der Waals surface area contributed by atoms with Crippen LogP contribution in [0.5, 0.6) is 0 Å². The third-order valence-electron chi connectivity index (χ3n) is 5.11. The van der Waals surface area contributed by atoms with E-state index < -0.39 is 53.8 Å². The van der Waals surface area contributed by atoms with E-state index in [2.05, 4.69) is 21.3 Å². The van der Waals surface area contributed by atoms with Crippen molar-refractivity contribution in [2.24, 2.45) is 17.4 Å². The molecule has 0 aliphatic heterocycles. The van der Waals surface area contributed by atoms with Crippen LogP contribution >= 0.6 is 0 Å². The Bertz CT molecular complexity index is 642. The van der Waals surface area contributed by atoms with Crippen LogP contribution in [0.3, 0.4) is 0 Å². The van der Waals surface area contributed by atoms with Gasteiger partial charge in [-0.15, -0.1) is 0 Å². The molecule has 32 heavy (non-hydrogen) atoms. The van der Waals surface area contributed by atoms with Gasteiger partial charge in [0.05, 0.1) is 12.1 Å². The topological polar surface area (TPSA) is 186 Å². The van der Waals surface area contributed by atoms with Gasteiger partial charge in [0.2, 0.25) is 23.6 Å². The molecule has 0 aromatic carbocycles. The molecule has 0 radical (unpaired) electrons. The van der Waals surface area contributed by atoms with E-state index in [0.717, 1.165) is 0 Å². The first-order chi connectivity index (χ1) is 15.0. The van der Waals surface area contributed by atoms with Crippen LogP contribution in [0.2, 0.25) is 0 Å². The van der Waals surface area contributed by atoms with Crippen molar-refractivity contribution in [3.8, 4) is 0 Å². The van der Waals surface area contributed by atoms with Crippen LogP contribution in [0, 0.1) is 5.92 Å². The Morgan fingerprint density at radius 1 is 0.844 bits per heavy atom.